The van der Waals surface area contributed by atoms with Gasteiger partial charge in [-0.15, -0.1) is 41.0 Å². The summed E-state index contributed by atoms with van der Waals surface area (Å²) in [5.74, 6) is -4.32. The predicted octanol–water partition coefficient (Wildman–Crippen LogP) is 5.12. The van der Waals surface area contributed by atoms with Crippen molar-refractivity contribution in [2.45, 2.75) is 45.3 Å². The van der Waals surface area contributed by atoms with Crippen molar-refractivity contribution < 1.29 is 42.1 Å². The van der Waals surface area contributed by atoms with Crippen molar-refractivity contribution in [1.29, 1.82) is 0 Å². The van der Waals surface area contributed by atoms with Crippen LogP contribution in [-0.4, -0.2) is 29.8 Å². The van der Waals surface area contributed by atoms with E-state index in [4.69, 9.17) is 0 Å². The summed E-state index contributed by atoms with van der Waals surface area (Å²) in [4.78, 5) is 7.05. The number of halogens is 5. The Balaban J connectivity index is 0.000000246. The molecule has 0 unspecified atom stereocenters. The zero-order valence-electron chi connectivity index (χ0n) is 19.0. The molecular weight excluding hydrogens is 649 g/mol. The van der Waals surface area contributed by atoms with Crippen molar-refractivity contribution in [3.05, 3.63) is 66.4 Å². The minimum atomic E-state index is -4.57. The molecule has 0 saturated heterocycles. The van der Waals surface area contributed by atoms with E-state index >= 15 is 0 Å². The Morgan fingerprint density at radius 1 is 0.914 bits per heavy atom. The van der Waals surface area contributed by atoms with Crippen LogP contribution in [0.15, 0.2) is 48.7 Å². The summed E-state index contributed by atoms with van der Waals surface area (Å²) in [5.41, 5.74) is 0.373. The molecule has 0 aliphatic carbocycles. The Morgan fingerprint density at radius 3 is 2.09 bits per heavy atom. The van der Waals surface area contributed by atoms with Crippen LogP contribution in [0.2, 0.25) is 0 Å². The molecule has 0 amide bonds. The van der Waals surface area contributed by atoms with Crippen LogP contribution in [0.3, 0.4) is 0 Å². The molecule has 0 bridgehead atoms. The van der Waals surface area contributed by atoms with E-state index in [0.29, 0.717) is 11.4 Å². The summed E-state index contributed by atoms with van der Waals surface area (Å²) in [6, 6.07) is 14.9. The summed E-state index contributed by atoms with van der Waals surface area (Å²) in [5, 5.41) is 13.8. The van der Waals surface area contributed by atoms with Crippen molar-refractivity contribution in [2.75, 3.05) is 0 Å². The summed E-state index contributed by atoms with van der Waals surface area (Å²) >= 11 is 0. The van der Waals surface area contributed by atoms with Gasteiger partial charge in [-0.3, -0.25) is 10.1 Å². The minimum absolute atomic E-state index is 0. The first-order valence-electron chi connectivity index (χ1n) is 9.96. The zero-order chi connectivity index (χ0) is 25.1. The van der Waals surface area contributed by atoms with Gasteiger partial charge in [-0.05, 0) is 38.7 Å². The molecule has 1 radical (unpaired) electrons. The molecule has 0 saturated carbocycles. The third kappa shape index (κ3) is 6.98. The fraction of sp³-hybridized carbons (Fsp3) is 0.318. The van der Waals surface area contributed by atoms with Gasteiger partial charge in [-0.25, -0.2) is 0 Å². The summed E-state index contributed by atoms with van der Waals surface area (Å²) in [6.07, 6.45) is -3.13. The zero-order valence-corrected chi connectivity index (χ0v) is 21.4. The average Bonchev–Trinajstić information content (AvgIpc) is 3.43. The maximum atomic E-state index is 13.6. The molecule has 0 atom stereocenters. The second-order valence-corrected chi connectivity index (χ2v) is 8.19. The van der Waals surface area contributed by atoms with Crippen LogP contribution in [0.5, 0.6) is 0 Å². The van der Waals surface area contributed by atoms with Gasteiger partial charge < -0.3 is 14.6 Å². The Morgan fingerprint density at radius 2 is 1.60 bits per heavy atom. The maximum absolute atomic E-state index is 13.6. The quantitative estimate of drug-likeness (QED) is 0.223. The van der Waals surface area contributed by atoms with Crippen LogP contribution in [0.25, 0.3) is 22.9 Å². The van der Waals surface area contributed by atoms with E-state index in [9.17, 15) is 22.0 Å². The Hall–Kier alpha value is -3.05. The molecule has 0 spiro atoms. The second-order valence-electron chi connectivity index (χ2n) is 8.19. The number of hydrogen-bond acceptors (Lipinski definition) is 5. The molecule has 0 aliphatic heterocycles. The molecule has 0 fully saturated rings. The van der Waals surface area contributed by atoms with Crippen molar-refractivity contribution in [1.82, 2.24) is 34.9 Å². The number of hydrogen-bond donors (Lipinski definition) is 0. The third-order valence-electron chi connectivity index (χ3n) is 4.28. The molecule has 13 heteroatoms. The molecule has 3 heterocycles. The number of aromatic nitrogens is 7. The van der Waals surface area contributed by atoms with Crippen molar-refractivity contribution in [3.63, 3.8) is 0 Å². The predicted molar refractivity (Wildman–Crippen MR) is 112 cm³/mol. The monoisotopic (exact) mass is 670 g/mol. The largest absolute Gasteiger partial charge is 0.429 e. The minimum Gasteiger partial charge on any atom is -0.413 e. The van der Waals surface area contributed by atoms with Gasteiger partial charge >= 0.3 is 12.1 Å². The smallest absolute Gasteiger partial charge is 0.413 e. The Labute approximate surface area is 211 Å². The van der Waals surface area contributed by atoms with Gasteiger partial charge in [0.1, 0.15) is 5.82 Å². The standard InChI is InChI=1S/C14H16F2N3.C8H4F3N4.Ir/c1-13(2,3)19-11(10-8-6-5-7-9-10)17-18-12(19)14(4,15)16;9-8(10,11)7-13-6(14-15-7)5-3-1-2-4-12-5;/h5-8H,1-4H3;1-4H;/q2*-1;. The van der Waals surface area contributed by atoms with Crippen molar-refractivity contribution in [2.24, 2.45) is 0 Å². The van der Waals surface area contributed by atoms with Crippen LogP contribution in [0.1, 0.15) is 39.3 Å². The summed E-state index contributed by atoms with van der Waals surface area (Å²) in [7, 11) is 0. The van der Waals surface area contributed by atoms with Gasteiger partial charge in [0, 0.05) is 38.8 Å². The Bertz CT molecular complexity index is 1210. The third-order valence-corrected chi connectivity index (χ3v) is 4.28. The first kappa shape index (κ1) is 28.2. The van der Waals surface area contributed by atoms with E-state index in [1.807, 2.05) is 32.9 Å². The number of benzene rings is 1. The maximum Gasteiger partial charge on any atom is 0.429 e. The SMILES string of the molecule is CC(F)(F)c1nnc(-c2[c-]cccc2)n1C(C)(C)C.FC(F)(F)c1n[n-]c(-c2ccccn2)n1.[Ir]. The fourth-order valence-electron chi connectivity index (χ4n) is 2.87. The van der Waals surface area contributed by atoms with Crippen molar-refractivity contribution in [3.8, 4) is 22.9 Å². The normalized spacial score (nSPS) is 11.9. The molecule has 189 valence electrons. The van der Waals surface area contributed by atoms with Gasteiger partial charge in [-0.2, -0.15) is 27.1 Å². The first-order chi connectivity index (χ1) is 15.8. The first-order valence-corrected chi connectivity index (χ1v) is 9.96. The molecule has 1 aromatic carbocycles. The van der Waals surface area contributed by atoms with Gasteiger partial charge in [0.2, 0.25) is 0 Å². The van der Waals surface area contributed by atoms with Crippen LogP contribution >= 0.6 is 0 Å². The van der Waals surface area contributed by atoms with Crippen LogP contribution in [0.4, 0.5) is 22.0 Å². The van der Waals surface area contributed by atoms with E-state index in [0.717, 1.165) is 6.92 Å². The van der Waals surface area contributed by atoms with Crippen LogP contribution in [-0.2, 0) is 37.7 Å². The van der Waals surface area contributed by atoms with E-state index in [-0.39, 0.29) is 37.4 Å². The molecule has 3 aromatic heterocycles. The average molecular weight is 670 g/mol. The Kier molecular flexibility index (Phi) is 8.61. The number of nitrogens with zero attached hydrogens (tertiary/aromatic N) is 7. The second kappa shape index (κ2) is 10.7. The summed E-state index contributed by atoms with van der Waals surface area (Å²) in [6.45, 7) is 6.37. The van der Waals surface area contributed by atoms with Gasteiger partial charge in [0.05, 0.1) is 11.5 Å². The van der Waals surface area contributed by atoms with E-state index in [1.165, 1.54) is 16.8 Å². The topological polar surface area (TPSA) is 83.5 Å². The molecule has 0 N–H and O–H groups in total. The number of alkyl halides is 5. The molecule has 0 aliphatic rings. The van der Waals surface area contributed by atoms with Gasteiger partial charge in [0.25, 0.3) is 0 Å². The van der Waals surface area contributed by atoms with Gasteiger partial charge in [0.15, 0.2) is 5.82 Å². The van der Waals surface area contributed by atoms with E-state index < -0.39 is 23.5 Å². The molecule has 35 heavy (non-hydrogen) atoms. The van der Waals surface area contributed by atoms with Crippen LogP contribution in [0, 0.1) is 6.07 Å². The number of rotatable bonds is 3. The van der Waals surface area contributed by atoms with E-state index in [1.54, 1.807) is 24.3 Å². The summed E-state index contributed by atoms with van der Waals surface area (Å²) < 4.78 is 65.1. The molecular formula is C22H20F5IrN7-2. The van der Waals surface area contributed by atoms with E-state index in [2.05, 4.69) is 36.4 Å². The fourth-order valence-corrected chi connectivity index (χ4v) is 2.87. The molecule has 4 aromatic rings. The van der Waals surface area contributed by atoms with Gasteiger partial charge in [-0.1, -0.05) is 6.07 Å². The van der Waals surface area contributed by atoms with Crippen LogP contribution < -0.4 is 5.10 Å². The molecule has 7 nitrogen and oxygen atoms in total. The number of pyridine rings is 1. The van der Waals surface area contributed by atoms with Crippen molar-refractivity contribution >= 4 is 0 Å². The molecule has 4 rings (SSSR count).